The molecule has 3 aromatic heterocycles. The zero-order valence-corrected chi connectivity index (χ0v) is 14.6. The minimum atomic E-state index is 0.418. The summed E-state index contributed by atoms with van der Waals surface area (Å²) in [6.45, 7) is 4.58. The van der Waals surface area contributed by atoms with Gasteiger partial charge >= 0.3 is 0 Å². The summed E-state index contributed by atoms with van der Waals surface area (Å²) < 4.78 is 9.49. The maximum Gasteiger partial charge on any atom is 0.160 e. The number of nitrogens with zero attached hydrogens (tertiary/aromatic N) is 6. The van der Waals surface area contributed by atoms with Gasteiger partial charge in [-0.15, -0.1) is 10.2 Å². The highest BCUT2D eigenvalue weighted by molar-refractivity contribution is 5.37. The summed E-state index contributed by atoms with van der Waals surface area (Å²) in [4.78, 5) is 6.80. The molecule has 0 radical (unpaired) electrons. The van der Waals surface area contributed by atoms with Crippen LogP contribution in [0.4, 0.5) is 0 Å². The molecule has 0 bridgehead atoms. The second-order valence-corrected chi connectivity index (χ2v) is 6.63. The van der Waals surface area contributed by atoms with Gasteiger partial charge in [0.25, 0.3) is 0 Å². The van der Waals surface area contributed by atoms with Gasteiger partial charge in [-0.3, -0.25) is 9.30 Å². The quantitative estimate of drug-likeness (QED) is 0.686. The van der Waals surface area contributed by atoms with Crippen molar-refractivity contribution in [2.24, 2.45) is 0 Å². The molecular formula is C18H24N6O. The van der Waals surface area contributed by atoms with Gasteiger partial charge in [0.1, 0.15) is 5.82 Å². The molecule has 0 unspecified atom stereocenters. The highest BCUT2D eigenvalue weighted by atomic mass is 16.5. The summed E-state index contributed by atoms with van der Waals surface area (Å²) in [5.74, 6) is 1.50. The number of pyridine rings is 1. The van der Waals surface area contributed by atoms with Crippen LogP contribution in [0.1, 0.15) is 30.3 Å². The van der Waals surface area contributed by atoms with E-state index in [0.29, 0.717) is 12.5 Å². The topological polar surface area (TPSA) is 60.5 Å². The normalized spacial score (nSPS) is 18.8. The molecule has 4 heterocycles. The van der Waals surface area contributed by atoms with Crippen molar-refractivity contribution in [3.8, 4) is 0 Å². The monoisotopic (exact) mass is 340 g/mol. The first kappa shape index (κ1) is 16.2. The van der Waals surface area contributed by atoms with Crippen LogP contribution in [-0.4, -0.2) is 55.9 Å². The molecule has 0 amide bonds. The molecule has 0 N–H and O–H groups in total. The van der Waals surface area contributed by atoms with Gasteiger partial charge in [-0.1, -0.05) is 6.07 Å². The number of aromatic nitrogens is 5. The third-order valence-corrected chi connectivity index (χ3v) is 4.93. The SMILES string of the molecule is COCCn1cncc1CN1CCC[C@@H](c2nnc3ccccn23)C1. The number of fused-ring (bicyclic) bond motifs is 1. The molecule has 0 aromatic carbocycles. The Kier molecular flexibility index (Phi) is 4.76. The number of ether oxygens (including phenoxy) is 1. The smallest absolute Gasteiger partial charge is 0.160 e. The van der Waals surface area contributed by atoms with Crippen LogP contribution < -0.4 is 0 Å². The van der Waals surface area contributed by atoms with Crippen molar-refractivity contribution in [1.82, 2.24) is 29.0 Å². The zero-order chi connectivity index (χ0) is 17.1. The van der Waals surface area contributed by atoms with Crippen LogP contribution in [0.15, 0.2) is 36.9 Å². The third kappa shape index (κ3) is 3.43. The lowest BCUT2D eigenvalue weighted by atomic mass is 9.97. The molecule has 1 aliphatic rings. The maximum absolute atomic E-state index is 5.19. The first-order valence-electron chi connectivity index (χ1n) is 8.85. The van der Waals surface area contributed by atoms with E-state index < -0.39 is 0 Å². The summed E-state index contributed by atoms with van der Waals surface area (Å²) in [6, 6.07) is 6.04. The number of hydrogen-bond donors (Lipinski definition) is 0. The minimum Gasteiger partial charge on any atom is -0.383 e. The Morgan fingerprint density at radius 2 is 2.24 bits per heavy atom. The van der Waals surface area contributed by atoms with E-state index in [0.717, 1.165) is 44.1 Å². The lowest BCUT2D eigenvalue weighted by Gasteiger charge is -2.32. The Morgan fingerprint density at radius 3 is 3.16 bits per heavy atom. The van der Waals surface area contributed by atoms with Crippen molar-refractivity contribution >= 4 is 5.65 Å². The predicted octanol–water partition coefficient (Wildman–Crippen LogP) is 1.95. The molecule has 7 nitrogen and oxygen atoms in total. The summed E-state index contributed by atoms with van der Waals surface area (Å²) in [5, 5.41) is 8.77. The molecule has 132 valence electrons. The fraction of sp³-hybridized carbons (Fsp3) is 0.500. The van der Waals surface area contributed by atoms with E-state index in [4.69, 9.17) is 4.74 Å². The van der Waals surface area contributed by atoms with Crippen LogP contribution in [0, 0.1) is 0 Å². The van der Waals surface area contributed by atoms with Crippen molar-refractivity contribution in [1.29, 1.82) is 0 Å². The Balaban J connectivity index is 1.47. The van der Waals surface area contributed by atoms with Crippen molar-refractivity contribution in [2.45, 2.75) is 31.8 Å². The average molecular weight is 340 g/mol. The molecule has 4 rings (SSSR count). The van der Waals surface area contributed by atoms with Gasteiger partial charge in [-0.2, -0.15) is 0 Å². The number of hydrogen-bond acceptors (Lipinski definition) is 5. The molecule has 1 saturated heterocycles. The molecule has 1 atom stereocenters. The lowest BCUT2D eigenvalue weighted by molar-refractivity contribution is 0.176. The lowest BCUT2D eigenvalue weighted by Crippen LogP contribution is -2.35. The number of rotatable bonds is 6. The third-order valence-electron chi connectivity index (χ3n) is 4.93. The van der Waals surface area contributed by atoms with Crippen LogP contribution in [-0.2, 0) is 17.8 Å². The Morgan fingerprint density at radius 1 is 1.28 bits per heavy atom. The first-order chi connectivity index (χ1) is 12.3. The van der Waals surface area contributed by atoms with Crippen molar-refractivity contribution in [2.75, 3.05) is 26.8 Å². The van der Waals surface area contributed by atoms with E-state index >= 15 is 0 Å². The minimum absolute atomic E-state index is 0.418. The van der Waals surface area contributed by atoms with E-state index in [-0.39, 0.29) is 0 Å². The standard InChI is InChI=1S/C18H24N6O/c1-25-10-9-23-14-19-11-16(23)13-22-7-4-5-15(12-22)18-21-20-17-6-2-3-8-24(17)18/h2-3,6,8,11,14-15H,4-5,7,9-10,12-13H2,1H3/t15-/m1/s1. The molecule has 0 spiro atoms. The van der Waals surface area contributed by atoms with E-state index in [9.17, 15) is 0 Å². The number of methoxy groups -OCH3 is 1. The van der Waals surface area contributed by atoms with Gasteiger partial charge in [0.05, 0.1) is 18.6 Å². The van der Waals surface area contributed by atoms with E-state index in [1.165, 1.54) is 12.1 Å². The molecule has 0 aliphatic carbocycles. The molecular weight excluding hydrogens is 316 g/mol. The second-order valence-electron chi connectivity index (χ2n) is 6.63. The van der Waals surface area contributed by atoms with Crippen LogP contribution in [0.5, 0.6) is 0 Å². The molecule has 1 aliphatic heterocycles. The summed E-state index contributed by atoms with van der Waals surface area (Å²) in [6.07, 6.45) is 8.25. The molecule has 7 heteroatoms. The summed E-state index contributed by atoms with van der Waals surface area (Å²) >= 11 is 0. The molecule has 0 saturated carbocycles. The van der Waals surface area contributed by atoms with Crippen LogP contribution in [0.25, 0.3) is 5.65 Å². The van der Waals surface area contributed by atoms with Gasteiger partial charge in [-0.05, 0) is 31.5 Å². The van der Waals surface area contributed by atoms with Gasteiger partial charge in [0, 0.05) is 45.1 Å². The number of imidazole rings is 1. The highest BCUT2D eigenvalue weighted by Gasteiger charge is 2.25. The van der Waals surface area contributed by atoms with Crippen LogP contribution >= 0.6 is 0 Å². The van der Waals surface area contributed by atoms with Crippen molar-refractivity contribution < 1.29 is 4.74 Å². The average Bonchev–Trinajstić information content (AvgIpc) is 3.27. The van der Waals surface area contributed by atoms with Crippen molar-refractivity contribution in [3.63, 3.8) is 0 Å². The summed E-state index contributed by atoms with van der Waals surface area (Å²) in [5.41, 5.74) is 2.16. The fourth-order valence-corrected chi connectivity index (χ4v) is 3.65. The first-order valence-corrected chi connectivity index (χ1v) is 8.85. The van der Waals surface area contributed by atoms with E-state index in [2.05, 4.69) is 35.2 Å². The van der Waals surface area contributed by atoms with Crippen molar-refractivity contribution in [3.05, 3.63) is 48.4 Å². The predicted molar refractivity (Wildman–Crippen MR) is 94.3 cm³/mol. The zero-order valence-electron chi connectivity index (χ0n) is 14.6. The fourth-order valence-electron chi connectivity index (χ4n) is 3.65. The molecule has 3 aromatic rings. The highest BCUT2D eigenvalue weighted by Crippen LogP contribution is 2.27. The number of likely N-dealkylation sites (tertiary alicyclic amines) is 1. The molecule has 25 heavy (non-hydrogen) atoms. The van der Waals surface area contributed by atoms with Gasteiger partial charge in [0.15, 0.2) is 5.65 Å². The Labute approximate surface area is 147 Å². The number of piperidine rings is 1. The molecule has 1 fully saturated rings. The van der Waals surface area contributed by atoms with Gasteiger partial charge in [0.2, 0.25) is 0 Å². The second kappa shape index (κ2) is 7.33. The van der Waals surface area contributed by atoms with Crippen LogP contribution in [0.2, 0.25) is 0 Å². The largest absolute Gasteiger partial charge is 0.383 e. The summed E-state index contributed by atoms with van der Waals surface area (Å²) in [7, 11) is 1.73. The van der Waals surface area contributed by atoms with Gasteiger partial charge in [-0.25, -0.2) is 4.98 Å². The maximum atomic E-state index is 5.19. The Bertz CT molecular complexity index is 826. The van der Waals surface area contributed by atoms with Crippen LogP contribution in [0.3, 0.4) is 0 Å². The Hall–Kier alpha value is -2.25. The van der Waals surface area contributed by atoms with E-state index in [1.807, 2.05) is 30.7 Å². The van der Waals surface area contributed by atoms with Gasteiger partial charge < -0.3 is 9.30 Å². The van der Waals surface area contributed by atoms with E-state index in [1.54, 1.807) is 7.11 Å².